The summed E-state index contributed by atoms with van der Waals surface area (Å²) in [5.41, 5.74) is 1.10. The lowest BCUT2D eigenvalue weighted by molar-refractivity contribution is -0.122. The Morgan fingerprint density at radius 3 is 2.82 bits per heavy atom. The largest absolute Gasteiger partial charge is 0.354 e. The molecule has 1 aromatic heterocycles. The molecular weight excluding hydrogens is 280 g/mol. The smallest absolute Gasteiger partial charge is 0.273 e. The number of amides is 2. The molecule has 0 spiro atoms. The van der Waals surface area contributed by atoms with E-state index in [0.717, 1.165) is 30.2 Å². The van der Waals surface area contributed by atoms with E-state index in [2.05, 4.69) is 27.8 Å². The van der Waals surface area contributed by atoms with Crippen LogP contribution in [0.5, 0.6) is 0 Å². The monoisotopic (exact) mass is 302 g/mol. The standard InChI is InChI=1S/C16H22N4O2/c1-3-4-7-10-17-15(21)11(2)18-16(22)14-12-8-5-6-9-13(12)19-20-14/h5-6,8-9,11H,3-4,7,10H2,1-2H3,(H,17,21)(H,18,22)(H,19,20). The van der Waals surface area contributed by atoms with Crippen molar-refractivity contribution in [3.8, 4) is 0 Å². The van der Waals surface area contributed by atoms with Gasteiger partial charge in [0.25, 0.3) is 5.91 Å². The molecule has 2 rings (SSSR count). The highest BCUT2D eigenvalue weighted by molar-refractivity contribution is 6.05. The molecule has 2 amide bonds. The Hall–Kier alpha value is -2.37. The summed E-state index contributed by atoms with van der Waals surface area (Å²) in [5.74, 6) is -0.530. The molecule has 0 fully saturated rings. The summed E-state index contributed by atoms with van der Waals surface area (Å²) in [4.78, 5) is 24.2. The Bertz CT molecular complexity index is 650. The van der Waals surface area contributed by atoms with Gasteiger partial charge in [-0.15, -0.1) is 0 Å². The molecule has 3 N–H and O–H groups in total. The molecule has 1 heterocycles. The fourth-order valence-corrected chi connectivity index (χ4v) is 2.21. The van der Waals surface area contributed by atoms with Crippen LogP contribution >= 0.6 is 0 Å². The second-order valence-electron chi connectivity index (χ2n) is 5.31. The van der Waals surface area contributed by atoms with Crippen LogP contribution in [0, 0.1) is 0 Å². The molecule has 2 aromatic rings. The van der Waals surface area contributed by atoms with E-state index >= 15 is 0 Å². The number of carbonyl (C=O) groups excluding carboxylic acids is 2. The van der Waals surface area contributed by atoms with Crippen LogP contribution in [-0.2, 0) is 4.79 Å². The number of H-pyrrole nitrogens is 1. The number of aromatic nitrogens is 2. The van der Waals surface area contributed by atoms with Gasteiger partial charge in [-0.3, -0.25) is 14.7 Å². The Balaban J connectivity index is 1.92. The maximum atomic E-state index is 12.2. The van der Waals surface area contributed by atoms with Gasteiger partial charge in [0.1, 0.15) is 6.04 Å². The molecule has 0 aliphatic rings. The van der Waals surface area contributed by atoms with Gasteiger partial charge < -0.3 is 10.6 Å². The van der Waals surface area contributed by atoms with Crippen LogP contribution in [0.1, 0.15) is 43.6 Å². The number of nitrogens with zero attached hydrogens (tertiary/aromatic N) is 1. The molecule has 6 heteroatoms. The van der Waals surface area contributed by atoms with Crippen molar-refractivity contribution >= 4 is 22.7 Å². The van der Waals surface area contributed by atoms with E-state index in [9.17, 15) is 9.59 Å². The maximum absolute atomic E-state index is 12.2. The van der Waals surface area contributed by atoms with Crippen molar-refractivity contribution < 1.29 is 9.59 Å². The van der Waals surface area contributed by atoms with Crippen molar-refractivity contribution in [2.45, 2.75) is 39.2 Å². The second-order valence-corrected chi connectivity index (χ2v) is 5.31. The highest BCUT2D eigenvalue weighted by atomic mass is 16.2. The van der Waals surface area contributed by atoms with Crippen LogP contribution < -0.4 is 10.6 Å². The lowest BCUT2D eigenvalue weighted by Gasteiger charge is -2.13. The average Bonchev–Trinajstić information content (AvgIpc) is 2.95. The first-order valence-corrected chi connectivity index (χ1v) is 7.65. The molecular formula is C16H22N4O2. The van der Waals surface area contributed by atoms with E-state index in [-0.39, 0.29) is 11.8 Å². The van der Waals surface area contributed by atoms with E-state index < -0.39 is 6.04 Å². The van der Waals surface area contributed by atoms with Gasteiger partial charge in [-0.25, -0.2) is 0 Å². The van der Waals surface area contributed by atoms with Crippen LogP contribution in [0.15, 0.2) is 24.3 Å². The van der Waals surface area contributed by atoms with Crippen LogP contribution in [0.2, 0.25) is 0 Å². The molecule has 0 saturated heterocycles. The Kier molecular flexibility index (Phi) is 5.52. The first-order chi connectivity index (χ1) is 10.6. The van der Waals surface area contributed by atoms with Gasteiger partial charge in [0.05, 0.1) is 5.52 Å². The minimum Gasteiger partial charge on any atom is -0.354 e. The Morgan fingerprint density at radius 2 is 2.05 bits per heavy atom. The first-order valence-electron chi connectivity index (χ1n) is 7.65. The molecule has 1 unspecified atom stereocenters. The van der Waals surface area contributed by atoms with E-state index in [1.807, 2.05) is 24.3 Å². The summed E-state index contributed by atoms with van der Waals surface area (Å²) >= 11 is 0. The van der Waals surface area contributed by atoms with Crippen LogP contribution in [0.4, 0.5) is 0 Å². The normalized spacial score (nSPS) is 12.1. The summed E-state index contributed by atoms with van der Waals surface area (Å²) in [6, 6.07) is 6.80. The van der Waals surface area contributed by atoms with Crippen LogP contribution in [0.25, 0.3) is 10.9 Å². The molecule has 1 aromatic carbocycles. The van der Waals surface area contributed by atoms with Gasteiger partial charge >= 0.3 is 0 Å². The van der Waals surface area contributed by atoms with Crippen molar-refractivity contribution in [1.29, 1.82) is 0 Å². The van der Waals surface area contributed by atoms with Crippen molar-refractivity contribution in [2.24, 2.45) is 0 Å². The maximum Gasteiger partial charge on any atom is 0.273 e. The number of fused-ring (bicyclic) bond motifs is 1. The predicted molar refractivity (Wildman–Crippen MR) is 85.6 cm³/mol. The van der Waals surface area contributed by atoms with Gasteiger partial charge in [0, 0.05) is 11.9 Å². The number of rotatable bonds is 7. The van der Waals surface area contributed by atoms with Crippen molar-refractivity contribution in [2.75, 3.05) is 6.54 Å². The number of hydrogen-bond donors (Lipinski definition) is 3. The summed E-state index contributed by atoms with van der Waals surface area (Å²) in [6.45, 7) is 4.42. The molecule has 1 atom stereocenters. The summed E-state index contributed by atoms with van der Waals surface area (Å²) in [6.07, 6.45) is 3.14. The number of aromatic amines is 1. The molecule has 0 radical (unpaired) electrons. The zero-order chi connectivity index (χ0) is 15.9. The number of carbonyl (C=O) groups is 2. The van der Waals surface area contributed by atoms with Crippen LogP contribution in [-0.4, -0.2) is 34.6 Å². The van der Waals surface area contributed by atoms with Gasteiger partial charge in [-0.05, 0) is 19.4 Å². The molecule has 0 saturated carbocycles. The quantitative estimate of drug-likeness (QED) is 0.684. The van der Waals surface area contributed by atoms with E-state index in [4.69, 9.17) is 0 Å². The summed E-state index contributed by atoms with van der Waals surface area (Å²) in [5, 5.41) is 13.1. The third-order valence-corrected chi connectivity index (χ3v) is 3.51. The van der Waals surface area contributed by atoms with Gasteiger partial charge in [-0.2, -0.15) is 5.10 Å². The SMILES string of the molecule is CCCCCNC(=O)C(C)NC(=O)c1n[nH]c2ccccc12. The lowest BCUT2D eigenvalue weighted by Crippen LogP contribution is -2.45. The van der Waals surface area contributed by atoms with E-state index in [1.54, 1.807) is 6.92 Å². The predicted octanol–water partition coefficient (Wildman–Crippen LogP) is 1.99. The van der Waals surface area contributed by atoms with Gasteiger partial charge in [-0.1, -0.05) is 38.0 Å². The van der Waals surface area contributed by atoms with Crippen molar-refractivity contribution in [3.05, 3.63) is 30.0 Å². The van der Waals surface area contributed by atoms with Gasteiger partial charge in [0.15, 0.2) is 5.69 Å². The van der Waals surface area contributed by atoms with Gasteiger partial charge in [0.2, 0.25) is 5.91 Å². The topological polar surface area (TPSA) is 86.9 Å². The summed E-state index contributed by atoms with van der Waals surface area (Å²) < 4.78 is 0. The van der Waals surface area contributed by atoms with E-state index in [0.29, 0.717) is 12.2 Å². The molecule has 0 bridgehead atoms. The molecule has 118 valence electrons. The number of benzene rings is 1. The molecule has 6 nitrogen and oxygen atoms in total. The molecule has 0 aliphatic heterocycles. The average molecular weight is 302 g/mol. The Morgan fingerprint density at radius 1 is 1.27 bits per heavy atom. The number of hydrogen-bond acceptors (Lipinski definition) is 3. The molecule has 0 aliphatic carbocycles. The number of para-hydroxylation sites is 1. The summed E-state index contributed by atoms with van der Waals surface area (Å²) in [7, 11) is 0. The first kappa shape index (κ1) is 16.0. The van der Waals surface area contributed by atoms with E-state index in [1.165, 1.54) is 0 Å². The highest BCUT2D eigenvalue weighted by Gasteiger charge is 2.19. The lowest BCUT2D eigenvalue weighted by atomic mass is 10.2. The van der Waals surface area contributed by atoms with Crippen LogP contribution in [0.3, 0.4) is 0 Å². The third-order valence-electron chi connectivity index (χ3n) is 3.51. The fourth-order valence-electron chi connectivity index (χ4n) is 2.21. The zero-order valence-corrected chi connectivity index (χ0v) is 13.0. The number of unbranched alkanes of at least 4 members (excludes halogenated alkanes) is 2. The zero-order valence-electron chi connectivity index (χ0n) is 13.0. The van der Waals surface area contributed by atoms with Crippen molar-refractivity contribution in [3.63, 3.8) is 0 Å². The minimum atomic E-state index is -0.593. The fraction of sp³-hybridized carbons (Fsp3) is 0.438. The van der Waals surface area contributed by atoms with Crippen molar-refractivity contribution in [1.82, 2.24) is 20.8 Å². The Labute approximate surface area is 129 Å². The molecule has 22 heavy (non-hydrogen) atoms. The second kappa shape index (κ2) is 7.59. The number of nitrogens with one attached hydrogen (secondary N) is 3. The minimum absolute atomic E-state index is 0.177. The third kappa shape index (κ3) is 3.84. The highest BCUT2D eigenvalue weighted by Crippen LogP contribution is 2.14.